The van der Waals surface area contributed by atoms with E-state index in [-0.39, 0.29) is 0 Å². The number of rotatable bonds is 3. The van der Waals surface area contributed by atoms with Gasteiger partial charge in [0.25, 0.3) is 0 Å². The van der Waals surface area contributed by atoms with Gasteiger partial charge in [-0.15, -0.1) is 0 Å². The van der Waals surface area contributed by atoms with E-state index in [1.165, 1.54) is 0 Å². The molecule has 0 saturated carbocycles. The first kappa shape index (κ1) is 9.71. The Morgan fingerprint density at radius 3 is 2.85 bits per heavy atom. The van der Waals surface area contributed by atoms with Crippen molar-refractivity contribution in [1.29, 1.82) is 0 Å². The fourth-order valence-electron chi connectivity index (χ4n) is 0.907. The van der Waals surface area contributed by atoms with Gasteiger partial charge in [0.05, 0.1) is 6.61 Å². The third-order valence-electron chi connectivity index (χ3n) is 1.64. The summed E-state index contributed by atoms with van der Waals surface area (Å²) in [7, 11) is 0. The van der Waals surface area contributed by atoms with Crippen LogP contribution in [0, 0.1) is 12.9 Å². The van der Waals surface area contributed by atoms with Crippen LogP contribution in [0.2, 0.25) is 0 Å². The molecule has 0 atom stereocenters. The average molecular weight is 181 g/mol. The SMILES string of the molecule is C=C(OCC)c1ccc(C)c(F)n1. The van der Waals surface area contributed by atoms with Crippen molar-refractivity contribution in [2.45, 2.75) is 13.8 Å². The fraction of sp³-hybridized carbons (Fsp3) is 0.300. The summed E-state index contributed by atoms with van der Waals surface area (Å²) in [4.78, 5) is 3.70. The molecule has 0 aromatic carbocycles. The first-order valence-corrected chi connectivity index (χ1v) is 4.10. The first-order valence-electron chi connectivity index (χ1n) is 4.10. The van der Waals surface area contributed by atoms with Crippen LogP contribution in [0.3, 0.4) is 0 Å². The maximum atomic E-state index is 13.0. The Morgan fingerprint density at radius 2 is 2.31 bits per heavy atom. The van der Waals surface area contributed by atoms with Crippen LogP contribution < -0.4 is 0 Å². The maximum absolute atomic E-state index is 13.0. The molecule has 0 unspecified atom stereocenters. The second-order valence-electron chi connectivity index (χ2n) is 2.66. The summed E-state index contributed by atoms with van der Waals surface area (Å²) < 4.78 is 18.1. The van der Waals surface area contributed by atoms with Crippen LogP contribution in [-0.2, 0) is 4.74 Å². The van der Waals surface area contributed by atoms with Crippen molar-refractivity contribution < 1.29 is 9.13 Å². The van der Waals surface area contributed by atoms with Crippen molar-refractivity contribution in [2.24, 2.45) is 0 Å². The summed E-state index contributed by atoms with van der Waals surface area (Å²) in [6.45, 7) is 7.65. The Balaban J connectivity index is 2.90. The van der Waals surface area contributed by atoms with Crippen LogP contribution in [0.25, 0.3) is 5.76 Å². The zero-order valence-corrected chi connectivity index (χ0v) is 7.80. The molecule has 0 fully saturated rings. The molecule has 2 nitrogen and oxygen atoms in total. The Kier molecular flexibility index (Phi) is 3.01. The topological polar surface area (TPSA) is 22.1 Å². The van der Waals surface area contributed by atoms with E-state index >= 15 is 0 Å². The highest BCUT2D eigenvalue weighted by molar-refractivity contribution is 5.53. The summed E-state index contributed by atoms with van der Waals surface area (Å²) in [6.07, 6.45) is 0. The number of pyridine rings is 1. The second-order valence-corrected chi connectivity index (χ2v) is 2.66. The van der Waals surface area contributed by atoms with Crippen molar-refractivity contribution in [3.63, 3.8) is 0 Å². The number of aryl methyl sites for hydroxylation is 1. The van der Waals surface area contributed by atoms with Crippen molar-refractivity contribution in [1.82, 2.24) is 4.98 Å². The van der Waals surface area contributed by atoms with Crippen LogP contribution in [0.5, 0.6) is 0 Å². The van der Waals surface area contributed by atoms with Crippen LogP contribution in [-0.4, -0.2) is 11.6 Å². The van der Waals surface area contributed by atoms with Crippen molar-refractivity contribution in [3.05, 3.63) is 35.9 Å². The number of aromatic nitrogens is 1. The van der Waals surface area contributed by atoms with Gasteiger partial charge in [0, 0.05) is 5.56 Å². The zero-order valence-electron chi connectivity index (χ0n) is 7.80. The van der Waals surface area contributed by atoms with Gasteiger partial charge in [-0.1, -0.05) is 12.6 Å². The van der Waals surface area contributed by atoms with E-state index in [1.54, 1.807) is 19.1 Å². The Morgan fingerprint density at radius 1 is 1.62 bits per heavy atom. The van der Waals surface area contributed by atoms with E-state index in [2.05, 4.69) is 11.6 Å². The lowest BCUT2D eigenvalue weighted by Crippen LogP contribution is -1.97. The van der Waals surface area contributed by atoms with Crippen LogP contribution in [0.1, 0.15) is 18.2 Å². The van der Waals surface area contributed by atoms with Crippen molar-refractivity contribution >= 4 is 5.76 Å². The molecule has 1 heterocycles. The smallest absolute Gasteiger partial charge is 0.216 e. The van der Waals surface area contributed by atoms with E-state index in [1.807, 2.05) is 6.92 Å². The Labute approximate surface area is 77.1 Å². The monoisotopic (exact) mass is 181 g/mol. The molecule has 1 aromatic heterocycles. The molecule has 0 aliphatic rings. The molecular formula is C10H12FNO. The predicted molar refractivity (Wildman–Crippen MR) is 49.6 cm³/mol. The minimum Gasteiger partial charge on any atom is -0.492 e. The highest BCUT2D eigenvalue weighted by Gasteiger charge is 2.04. The molecule has 13 heavy (non-hydrogen) atoms. The molecule has 3 heteroatoms. The molecule has 0 N–H and O–H groups in total. The van der Waals surface area contributed by atoms with Gasteiger partial charge in [-0.3, -0.25) is 0 Å². The van der Waals surface area contributed by atoms with Gasteiger partial charge in [-0.2, -0.15) is 4.39 Å². The van der Waals surface area contributed by atoms with E-state index in [0.29, 0.717) is 23.6 Å². The minimum absolute atomic E-state index is 0.404. The Bertz CT molecular complexity index is 323. The molecule has 0 radical (unpaired) electrons. The maximum Gasteiger partial charge on any atom is 0.216 e. The number of halogens is 1. The lowest BCUT2D eigenvalue weighted by Gasteiger charge is -2.06. The van der Waals surface area contributed by atoms with Gasteiger partial charge in [-0.25, -0.2) is 4.98 Å². The highest BCUT2D eigenvalue weighted by Crippen LogP contribution is 2.12. The normalized spacial score (nSPS) is 9.77. The first-order chi connectivity index (χ1) is 6.15. The summed E-state index contributed by atoms with van der Waals surface area (Å²) in [6, 6.07) is 3.35. The molecule has 0 saturated heterocycles. The van der Waals surface area contributed by atoms with Gasteiger partial charge >= 0.3 is 0 Å². The van der Waals surface area contributed by atoms with Crippen LogP contribution in [0.4, 0.5) is 4.39 Å². The van der Waals surface area contributed by atoms with Gasteiger partial charge in [-0.05, 0) is 19.9 Å². The molecule has 0 spiro atoms. The standard InChI is InChI=1S/C10H12FNO/c1-4-13-8(3)9-6-5-7(2)10(11)12-9/h5-6H,3-4H2,1-2H3. The fourth-order valence-corrected chi connectivity index (χ4v) is 0.907. The van der Waals surface area contributed by atoms with Gasteiger partial charge in [0.2, 0.25) is 5.95 Å². The van der Waals surface area contributed by atoms with E-state index in [4.69, 9.17) is 4.74 Å². The molecule has 1 rings (SSSR count). The molecule has 0 aliphatic heterocycles. The summed E-state index contributed by atoms with van der Waals surface area (Å²) in [5.74, 6) is -0.0697. The number of hydrogen-bond acceptors (Lipinski definition) is 2. The Hall–Kier alpha value is -1.38. The number of hydrogen-bond donors (Lipinski definition) is 0. The molecule has 0 bridgehead atoms. The molecule has 1 aromatic rings. The quantitative estimate of drug-likeness (QED) is 0.528. The highest BCUT2D eigenvalue weighted by atomic mass is 19.1. The molecular weight excluding hydrogens is 169 g/mol. The lowest BCUT2D eigenvalue weighted by molar-refractivity contribution is 0.297. The van der Waals surface area contributed by atoms with E-state index in [9.17, 15) is 4.39 Å². The minimum atomic E-state index is -0.474. The van der Waals surface area contributed by atoms with Gasteiger partial charge in [0.1, 0.15) is 11.5 Å². The molecule has 70 valence electrons. The van der Waals surface area contributed by atoms with Crippen LogP contribution >= 0.6 is 0 Å². The summed E-state index contributed by atoms with van der Waals surface area (Å²) in [5, 5.41) is 0. The summed E-state index contributed by atoms with van der Waals surface area (Å²) >= 11 is 0. The molecule has 0 aliphatic carbocycles. The van der Waals surface area contributed by atoms with Crippen molar-refractivity contribution in [3.8, 4) is 0 Å². The van der Waals surface area contributed by atoms with E-state index < -0.39 is 5.95 Å². The summed E-state index contributed by atoms with van der Waals surface area (Å²) in [5.41, 5.74) is 0.970. The third kappa shape index (κ3) is 2.28. The van der Waals surface area contributed by atoms with Crippen LogP contribution in [0.15, 0.2) is 18.7 Å². The predicted octanol–water partition coefficient (Wildman–Crippen LogP) is 2.54. The molecule has 0 amide bonds. The average Bonchev–Trinajstić information content (AvgIpc) is 2.10. The van der Waals surface area contributed by atoms with Gasteiger partial charge in [0.15, 0.2) is 0 Å². The van der Waals surface area contributed by atoms with E-state index in [0.717, 1.165) is 0 Å². The largest absolute Gasteiger partial charge is 0.492 e. The number of ether oxygens (including phenoxy) is 1. The number of nitrogens with zero attached hydrogens (tertiary/aromatic N) is 1. The van der Waals surface area contributed by atoms with Crippen molar-refractivity contribution in [2.75, 3.05) is 6.61 Å². The lowest BCUT2D eigenvalue weighted by atomic mass is 10.2. The second kappa shape index (κ2) is 4.03. The zero-order chi connectivity index (χ0) is 9.84. The van der Waals surface area contributed by atoms with Gasteiger partial charge < -0.3 is 4.74 Å². The third-order valence-corrected chi connectivity index (χ3v) is 1.64.